The molecule has 1 saturated heterocycles. The molecule has 1 heterocycles. The first-order valence-corrected chi connectivity index (χ1v) is 7.14. The highest BCUT2D eigenvalue weighted by Gasteiger charge is 2.48. The number of Topliss-reactive ketones (excluding diaryl/α,β-unsaturated/α-hetero) is 1. The lowest BCUT2D eigenvalue weighted by atomic mass is 9.99. The van der Waals surface area contributed by atoms with E-state index in [1.165, 1.54) is 0 Å². The maximum atomic E-state index is 11.7. The Labute approximate surface area is 132 Å². The molecule has 0 aromatic carbocycles. The Morgan fingerprint density at radius 1 is 1.30 bits per heavy atom. The van der Waals surface area contributed by atoms with E-state index in [0.29, 0.717) is 0 Å². The van der Waals surface area contributed by atoms with Crippen molar-refractivity contribution in [2.75, 3.05) is 13.2 Å². The van der Waals surface area contributed by atoms with Gasteiger partial charge in [-0.3, -0.25) is 4.79 Å². The van der Waals surface area contributed by atoms with Crippen LogP contribution < -0.4 is 0 Å². The first kappa shape index (κ1) is 19.3. The van der Waals surface area contributed by atoms with Crippen molar-refractivity contribution in [3.05, 3.63) is 10.4 Å². The van der Waals surface area contributed by atoms with Gasteiger partial charge in [-0.2, -0.15) is 0 Å². The Kier molecular flexibility index (Phi) is 6.92. The van der Waals surface area contributed by atoms with Gasteiger partial charge in [0.25, 0.3) is 0 Å². The maximum absolute atomic E-state index is 11.7. The van der Waals surface area contributed by atoms with Crippen molar-refractivity contribution in [1.82, 2.24) is 0 Å². The van der Waals surface area contributed by atoms with Gasteiger partial charge < -0.3 is 24.4 Å². The molecule has 130 valence electrons. The lowest BCUT2D eigenvalue weighted by Gasteiger charge is -2.24. The van der Waals surface area contributed by atoms with Crippen molar-refractivity contribution in [2.45, 2.75) is 57.4 Å². The number of nitrogens with zero attached hydrogens (tertiary/aromatic N) is 3. The minimum Gasteiger partial charge on any atom is -0.460 e. The summed E-state index contributed by atoms with van der Waals surface area (Å²) in [6, 6.07) is 0. The number of carbonyl (C=O) groups is 2. The summed E-state index contributed by atoms with van der Waals surface area (Å²) >= 11 is 0. The number of hydrogen-bond donors (Lipinski definition) is 2. The molecule has 1 aliphatic heterocycles. The van der Waals surface area contributed by atoms with Crippen LogP contribution in [0.4, 0.5) is 0 Å². The normalized spacial score (nSPS) is 25.3. The molecule has 10 heteroatoms. The summed E-state index contributed by atoms with van der Waals surface area (Å²) < 4.78 is 15.5. The average molecular weight is 331 g/mol. The molecule has 1 fully saturated rings. The predicted molar refractivity (Wildman–Crippen MR) is 76.1 cm³/mol. The highest BCUT2D eigenvalue weighted by atomic mass is 16.8. The van der Waals surface area contributed by atoms with E-state index in [1.807, 2.05) is 0 Å². The Balaban J connectivity index is 2.78. The summed E-state index contributed by atoms with van der Waals surface area (Å²) in [7, 11) is 0. The monoisotopic (exact) mass is 331 g/mol. The zero-order chi connectivity index (χ0) is 17.6. The Morgan fingerprint density at radius 2 is 1.87 bits per heavy atom. The number of rotatable bonds is 8. The van der Waals surface area contributed by atoms with E-state index in [2.05, 4.69) is 14.8 Å². The number of hydrogen-bond acceptors (Lipinski definition) is 8. The topological polar surface area (TPSA) is 151 Å². The number of ketones is 1. The number of azide groups is 1. The fourth-order valence-electron chi connectivity index (χ4n) is 2.24. The van der Waals surface area contributed by atoms with Crippen LogP contribution in [0.1, 0.15) is 27.2 Å². The van der Waals surface area contributed by atoms with Gasteiger partial charge in [0.2, 0.25) is 5.78 Å². The van der Waals surface area contributed by atoms with Crippen LogP contribution in [-0.2, 0) is 23.8 Å². The van der Waals surface area contributed by atoms with Gasteiger partial charge in [0.15, 0.2) is 5.79 Å². The number of esters is 1. The molecule has 10 nitrogen and oxygen atoms in total. The van der Waals surface area contributed by atoms with Gasteiger partial charge in [-0.25, -0.2) is 4.79 Å². The Hall–Kier alpha value is -1.71. The molecule has 0 radical (unpaired) electrons. The Morgan fingerprint density at radius 3 is 2.39 bits per heavy atom. The van der Waals surface area contributed by atoms with E-state index in [9.17, 15) is 19.8 Å². The molecule has 2 N–H and O–H groups in total. The third kappa shape index (κ3) is 5.45. The first-order chi connectivity index (χ1) is 10.7. The molecule has 0 spiro atoms. The van der Waals surface area contributed by atoms with Crippen molar-refractivity contribution in [2.24, 2.45) is 5.11 Å². The van der Waals surface area contributed by atoms with E-state index in [-0.39, 0.29) is 13.2 Å². The molecule has 0 bridgehead atoms. The number of ether oxygens (including phenoxy) is 3. The standard InChI is InChI=1S/C13H21N3O7/c1-4-21-12(20)8(18)5-7(17)10-11(9(19)6-15-16-14)23-13(2,3)22-10/h7,9-11,17,19H,4-6H2,1-3H3/t7-,9+,10+,11?/m0/s1. The van der Waals surface area contributed by atoms with Crippen molar-refractivity contribution in [1.29, 1.82) is 0 Å². The third-order valence-corrected chi connectivity index (χ3v) is 3.15. The number of aliphatic hydroxyl groups is 2. The summed E-state index contributed by atoms with van der Waals surface area (Å²) in [5, 5.41) is 23.4. The summed E-state index contributed by atoms with van der Waals surface area (Å²) in [6.45, 7) is 4.46. The van der Waals surface area contributed by atoms with Gasteiger partial charge >= 0.3 is 5.97 Å². The molecular formula is C13H21N3O7. The predicted octanol–water partition coefficient (Wildman–Crippen LogP) is 0.0609. The molecule has 23 heavy (non-hydrogen) atoms. The lowest BCUT2D eigenvalue weighted by Crippen LogP contribution is -2.44. The van der Waals surface area contributed by atoms with Crippen LogP contribution >= 0.6 is 0 Å². The number of carbonyl (C=O) groups excluding carboxylic acids is 2. The first-order valence-electron chi connectivity index (χ1n) is 7.14. The van der Waals surface area contributed by atoms with Gasteiger partial charge in [-0.1, -0.05) is 5.11 Å². The second-order valence-electron chi connectivity index (χ2n) is 5.46. The fourth-order valence-corrected chi connectivity index (χ4v) is 2.24. The molecular weight excluding hydrogens is 310 g/mol. The molecule has 1 aliphatic rings. The quantitative estimate of drug-likeness (QED) is 0.210. The molecule has 1 unspecified atom stereocenters. The van der Waals surface area contributed by atoms with Gasteiger partial charge in [-0.15, -0.1) is 0 Å². The summed E-state index contributed by atoms with van der Waals surface area (Å²) in [4.78, 5) is 25.5. The van der Waals surface area contributed by atoms with Crippen LogP contribution in [0.25, 0.3) is 10.4 Å². The van der Waals surface area contributed by atoms with Gasteiger partial charge in [0.05, 0.1) is 25.4 Å². The van der Waals surface area contributed by atoms with Gasteiger partial charge in [-0.05, 0) is 26.3 Å². The molecule has 4 atom stereocenters. The van der Waals surface area contributed by atoms with Crippen LogP contribution in [0.3, 0.4) is 0 Å². The summed E-state index contributed by atoms with van der Waals surface area (Å²) in [5.41, 5.74) is 8.30. The van der Waals surface area contributed by atoms with Crippen molar-refractivity contribution < 1.29 is 34.0 Å². The van der Waals surface area contributed by atoms with Crippen LogP contribution in [-0.4, -0.2) is 65.3 Å². The molecule has 0 aromatic rings. The largest absolute Gasteiger partial charge is 0.460 e. The average Bonchev–Trinajstić information content (AvgIpc) is 2.81. The Bertz CT molecular complexity index is 490. The van der Waals surface area contributed by atoms with Crippen molar-refractivity contribution in [3.63, 3.8) is 0 Å². The van der Waals surface area contributed by atoms with E-state index in [0.717, 1.165) is 0 Å². The summed E-state index contributed by atoms with van der Waals surface area (Å²) in [5.74, 6) is -3.06. The molecule has 0 amide bonds. The minimum absolute atomic E-state index is 0.0459. The lowest BCUT2D eigenvalue weighted by molar-refractivity contribution is -0.163. The smallest absolute Gasteiger partial charge is 0.374 e. The zero-order valence-corrected chi connectivity index (χ0v) is 13.2. The second kappa shape index (κ2) is 8.23. The van der Waals surface area contributed by atoms with Crippen LogP contribution in [0.2, 0.25) is 0 Å². The van der Waals surface area contributed by atoms with Crippen LogP contribution in [0, 0.1) is 0 Å². The fraction of sp³-hybridized carbons (Fsp3) is 0.846. The second-order valence-corrected chi connectivity index (χ2v) is 5.46. The van der Waals surface area contributed by atoms with E-state index >= 15 is 0 Å². The SMILES string of the molecule is CCOC(=O)C(=O)C[C@H](O)[C@H]1OC(C)(C)OC1[C@H](O)CN=[N+]=[N-]. The molecule has 0 saturated carbocycles. The van der Waals surface area contributed by atoms with Crippen molar-refractivity contribution >= 4 is 11.8 Å². The molecule has 1 rings (SSSR count). The summed E-state index contributed by atoms with van der Waals surface area (Å²) in [6.07, 6.45) is -5.23. The molecule has 0 aromatic heterocycles. The third-order valence-electron chi connectivity index (χ3n) is 3.15. The highest BCUT2D eigenvalue weighted by molar-refractivity contribution is 6.33. The van der Waals surface area contributed by atoms with E-state index in [4.69, 9.17) is 15.0 Å². The zero-order valence-electron chi connectivity index (χ0n) is 13.2. The van der Waals surface area contributed by atoms with E-state index in [1.54, 1.807) is 20.8 Å². The van der Waals surface area contributed by atoms with Crippen LogP contribution in [0.5, 0.6) is 0 Å². The van der Waals surface area contributed by atoms with E-state index < -0.39 is 48.4 Å². The van der Waals surface area contributed by atoms with Crippen LogP contribution in [0.15, 0.2) is 5.11 Å². The maximum Gasteiger partial charge on any atom is 0.374 e. The minimum atomic E-state index is -1.39. The van der Waals surface area contributed by atoms with Crippen molar-refractivity contribution in [3.8, 4) is 0 Å². The van der Waals surface area contributed by atoms with Gasteiger partial charge in [0, 0.05) is 11.3 Å². The van der Waals surface area contributed by atoms with Gasteiger partial charge in [0.1, 0.15) is 12.2 Å². The highest BCUT2D eigenvalue weighted by Crippen LogP contribution is 2.32. The molecule has 0 aliphatic carbocycles. The number of aliphatic hydroxyl groups excluding tert-OH is 2.